The normalized spacial score (nSPS) is 18.8. The Morgan fingerprint density at radius 2 is 1.85 bits per heavy atom. The van der Waals surface area contributed by atoms with Crippen LogP contribution in [0.5, 0.6) is 11.5 Å². The number of phenols is 1. The summed E-state index contributed by atoms with van der Waals surface area (Å²) in [7, 11) is 1.61. The minimum absolute atomic E-state index is 0.0815. The zero-order valence-corrected chi connectivity index (χ0v) is 15.5. The quantitative estimate of drug-likeness (QED) is 0.515. The SMILES string of the molecule is COCCOCCOCCOc1ccc(C2=N[C@@](C)(C(=O)O)CO2)c(O)c1. The van der Waals surface area contributed by atoms with Crippen molar-refractivity contribution in [3.63, 3.8) is 0 Å². The van der Waals surface area contributed by atoms with Crippen molar-refractivity contribution in [3.05, 3.63) is 23.8 Å². The lowest BCUT2D eigenvalue weighted by atomic mass is 10.1. The minimum atomic E-state index is -1.35. The van der Waals surface area contributed by atoms with Gasteiger partial charge in [0.1, 0.15) is 24.7 Å². The molecule has 1 aliphatic heterocycles. The van der Waals surface area contributed by atoms with Crippen LogP contribution in [0.1, 0.15) is 12.5 Å². The van der Waals surface area contributed by atoms with Crippen molar-refractivity contribution in [2.24, 2.45) is 4.99 Å². The van der Waals surface area contributed by atoms with Crippen LogP contribution in [0.3, 0.4) is 0 Å². The number of hydrogen-bond acceptors (Lipinski definition) is 8. The second-order valence-electron chi connectivity index (χ2n) is 6.03. The molecular formula is C18H25NO8. The third-order valence-electron chi connectivity index (χ3n) is 3.80. The monoisotopic (exact) mass is 383 g/mol. The van der Waals surface area contributed by atoms with Crippen molar-refractivity contribution < 1.29 is 38.7 Å². The average molecular weight is 383 g/mol. The Bertz CT molecular complexity index is 663. The van der Waals surface area contributed by atoms with Gasteiger partial charge in [0.25, 0.3) is 0 Å². The topological polar surface area (TPSA) is 116 Å². The highest BCUT2D eigenvalue weighted by molar-refractivity contribution is 6.00. The highest BCUT2D eigenvalue weighted by atomic mass is 16.6. The third-order valence-corrected chi connectivity index (χ3v) is 3.80. The van der Waals surface area contributed by atoms with Crippen LogP contribution in [0.15, 0.2) is 23.2 Å². The smallest absolute Gasteiger partial charge is 0.335 e. The average Bonchev–Trinajstić information content (AvgIpc) is 3.04. The Morgan fingerprint density at radius 3 is 2.44 bits per heavy atom. The van der Waals surface area contributed by atoms with E-state index in [-0.39, 0.29) is 18.3 Å². The molecule has 0 amide bonds. The van der Waals surface area contributed by atoms with Crippen LogP contribution < -0.4 is 4.74 Å². The number of aliphatic carboxylic acids is 1. The van der Waals surface area contributed by atoms with E-state index in [1.54, 1.807) is 19.2 Å². The van der Waals surface area contributed by atoms with Gasteiger partial charge in [0.05, 0.1) is 38.6 Å². The van der Waals surface area contributed by atoms with Gasteiger partial charge in [0, 0.05) is 13.2 Å². The van der Waals surface area contributed by atoms with Crippen molar-refractivity contribution in [1.29, 1.82) is 0 Å². The zero-order valence-electron chi connectivity index (χ0n) is 15.5. The molecule has 1 atom stereocenters. The van der Waals surface area contributed by atoms with Crippen LogP contribution in [-0.2, 0) is 23.7 Å². The van der Waals surface area contributed by atoms with E-state index < -0.39 is 11.5 Å². The number of aliphatic imine (C=N–C) groups is 1. The van der Waals surface area contributed by atoms with Gasteiger partial charge in [0.15, 0.2) is 5.54 Å². The largest absolute Gasteiger partial charge is 0.507 e. The predicted octanol–water partition coefficient (Wildman–Crippen LogP) is 1.07. The molecule has 1 aromatic rings. The number of carboxylic acid groups (broad SMARTS) is 1. The summed E-state index contributed by atoms with van der Waals surface area (Å²) >= 11 is 0. The standard InChI is InChI=1S/C18H25NO8/c1-18(17(21)22)12-27-16(19-18)14-4-3-13(11-15(14)20)26-10-9-25-8-7-24-6-5-23-2/h3-4,11,20H,5-10,12H2,1-2H3,(H,21,22)/t18-/m1/s1. The molecule has 1 heterocycles. The Morgan fingerprint density at radius 1 is 1.19 bits per heavy atom. The molecule has 0 aliphatic carbocycles. The van der Waals surface area contributed by atoms with E-state index in [1.165, 1.54) is 13.0 Å². The summed E-state index contributed by atoms with van der Waals surface area (Å²) in [5, 5.41) is 19.3. The first-order valence-electron chi connectivity index (χ1n) is 8.53. The van der Waals surface area contributed by atoms with Crippen molar-refractivity contribution in [3.8, 4) is 11.5 Å². The molecule has 0 aromatic heterocycles. The van der Waals surface area contributed by atoms with Crippen molar-refractivity contribution in [1.82, 2.24) is 0 Å². The second kappa shape index (κ2) is 10.1. The Kier molecular flexibility index (Phi) is 7.83. The number of carboxylic acids is 1. The van der Waals surface area contributed by atoms with Crippen LogP contribution in [-0.4, -0.2) is 81.0 Å². The van der Waals surface area contributed by atoms with Crippen LogP contribution in [0.2, 0.25) is 0 Å². The molecule has 1 aliphatic rings. The molecule has 1 aromatic carbocycles. The molecule has 0 saturated carbocycles. The van der Waals surface area contributed by atoms with Gasteiger partial charge in [0.2, 0.25) is 5.90 Å². The van der Waals surface area contributed by atoms with E-state index in [4.69, 9.17) is 28.8 Å². The number of methoxy groups -OCH3 is 1. The summed E-state index contributed by atoms with van der Waals surface area (Å²) in [6.45, 7) is 4.08. The maximum absolute atomic E-state index is 11.2. The van der Waals surface area contributed by atoms with E-state index in [0.29, 0.717) is 51.0 Å². The molecule has 0 radical (unpaired) electrons. The number of benzene rings is 1. The molecule has 9 nitrogen and oxygen atoms in total. The molecule has 2 N–H and O–H groups in total. The Labute approximate surface area is 157 Å². The highest BCUT2D eigenvalue weighted by Crippen LogP contribution is 2.29. The number of hydrogen-bond donors (Lipinski definition) is 2. The first-order valence-corrected chi connectivity index (χ1v) is 8.53. The fourth-order valence-electron chi connectivity index (χ4n) is 2.21. The Balaban J connectivity index is 1.76. The molecular weight excluding hydrogens is 358 g/mol. The number of phenolic OH excluding ortho intramolecular Hbond substituents is 1. The third kappa shape index (κ3) is 6.09. The number of carbonyl (C=O) groups is 1. The van der Waals surface area contributed by atoms with E-state index in [9.17, 15) is 9.90 Å². The summed E-state index contributed by atoms with van der Waals surface area (Å²) < 4.78 is 26.3. The van der Waals surface area contributed by atoms with Crippen molar-refractivity contribution in [2.75, 3.05) is 53.4 Å². The molecule has 0 saturated heterocycles. The lowest BCUT2D eigenvalue weighted by Gasteiger charge is -2.10. The van der Waals surface area contributed by atoms with Gasteiger partial charge in [-0.15, -0.1) is 0 Å². The fourth-order valence-corrected chi connectivity index (χ4v) is 2.21. The van der Waals surface area contributed by atoms with E-state index in [1.807, 2.05) is 0 Å². The Hall–Kier alpha value is -2.36. The first kappa shape index (κ1) is 20.9. The maximum atomic E-state index is 11.2. The molecule has 0 fully saturated rings. The van der Waals surface area contributed by atoms with E-state index in [2.05, 4.69) is 4.99 Å². The fraction of sp³-hybridized carbons (Fsp3) is 0.556. The second-order valence-corrected chi connectivity index (χ2v) is 6.03. The minimum Gasteiger partial charge on any atom is -0.507 e. The molecule has 9 heteroatoms. The van der Waals surface area contributed by atoms with Gasteiger partial charge in [-0.2, -0.15) is 0 Å². The molecule has 150 valence electrons. The molecule has 27 heavy (non-hydrogen) atoms. The summed E-state index contributed by atoms with van der Waals surface area (Å²) in [4.78, 5) is 15.3. The predicted molar refractivity (Wildman–Crippen MR) is 95.6 cm³/mol. The van der Waals surface area contributed by atoms with E-state index in [0.717, 1.165) is 0 Å². The summed E-state index contributed by atoms with van der Waals surface area (Å²) in [5.74, 6) is -0.633. The summed E-state index contributed by atoms with van der Waals surface area (Å²) in [6, 6.07) is 4.64. The number of ether oxygens (including phenoxy) is 5. The van der Waals surface area contributed by atoms with Gasteiger partial charge >= 0.3 is 5.97 Å². The zero-order chi connectivity index (χ0) is 19.7. The highest BCUT2D eigenvalue weighted by Gasteiger charge is 2.40. The maximum Gasteiger partial charge on any atom is 0.335 e. The van der Waals surface area contributed by atoms with Crippen molar-refractivity contribution in [2.45, 2.75) is 12.5 Å². The number of nitrogens with zero attached hydrogens (tertiary/aromatic N) is 1. The number of rotatable bonds is 12. The van der Waals surface area contributed by atoms with E-state index >= 15 is 0 Å². The van der Waals surface area contributed by atoms with Gasteiger partial charge < -0.3 is 33.9 Å². The molecule has 2 rings (SSSR count). The van der Waals surface area contributed by atoms with Gasteiger partial charge in [-0.05, 0) is 19.1 Å². The lowest BCUT2D eigenvalue weighted by Crippen LogP contribution is -2.34. The van der Waals surface area contributed by atoms with Gasteiger partial charge in [-0.3, -0.25) is 0 Å². The lowest BCUT2D eigenvalue weighted by molar-refractivity contribution is -0.142. The van der Waals surface area contributed by atoms with Crippen LogP contribution in [0.25, 0.3) is 0 Å². The van der Waals surface area contributed by atoms with Gasteiger partial charge in [-0.25, -0.2) is 9.79 Å². The molecule has 0 unspecified atom stereocenters. The molecule has 0 spiro atoms. The van der Waals surface area contributed by atoms with Crippen molar-refractivity contribution >= 4 is 11.9 Å². The summed E-state index contributed by atoms with van der Waals surface area (Å²) in [5.41, 5.74) is -1.03. The molecule has 0 bridgehead atoms. The summed E-state index contributed by atoms with van der Waals surface area (Å²) in [6.07, 6.45) is 0. The number of aromatic hydroxyl groups is 1. The van der Waals surface area contributed by atoms with Crippen LogP contribution in [0.4, 0.5) is 0 Å². The van der Waals surface area contributed by atoms with Crippen LogP contribution >= 0.6 is 0 Å². The first-order chi connectivity index (χ1) is 13.0. The van der Waals surface area contributed by atoms with Gasteiger partial charge in [-0.1, -0.05) is 0 Å². The van der Waals surface area contributed by atoms with Crippen LogP contribution in [0, 0.1) is 0 Å².